The Hall–Kier alpha value is -4.87. The number of carbonyl (C=O) groups excluding carboxylic acids is 3. The molecule has 0 radical (unpaired) electrons. The van der Waals surface area contributed by atoms with E-state index < -0.39 is 24.5 Å². The van der Waals surface area contributed by atoms with Crippen molar-refractivity contribution >= 4 is 41.4 Å². The van der Waals surface area contributed by atoms with E-state index in [0.717, 1.165) is 47.1 Å². The topological polar surface area (TPSA) is 135 Å². The number of aryl methyl sites for hydroxylation is 2. The van der Waals surface area contributed by atoms with Crippen molar-refractivity contribution in [3.63, 3.8) is 0 Å². The van der Waals surface area contributed by atoms with Gasteiger partial charge < -0.3 is 34.4 Å². The highest BCUT2D eigenvalue weighted by Gasteiger charge is 2.43. The molecular formula is C41H46ClN3O8. The molecule has 2 amide bonds. The molecule has 2 aliphatic heterocycles. The predicted octanol–water partition coefficient (Wildman–Crippen LogP) is 5.38. The van der Waals surface area contributed by atoms with Gasteiger partial charge in [-0.15, -0.1) is 0 Å². The van der Waals surface area contributed by atoms with E-state index in [0.29, 0.717) is 54.8 Å². The van der Waals surface area contributed by atoms with Crippen LogP contribution >= 0.6 is 11.6 Å². The third kappa shape index (κ3) is 9.77. The number of carboxylic acids is 1. The molecule has 3 aromatic carbocycles. The zero-order valence-corrected chi connectivity index (χ0v) is 30.8. The van der Waals surface area contributed by atoms with Crippen LogP contribution in [-0.2, 0) is 30.3 Å². The lowest BCUT2D eigenvalue weighted by Gasteiger charge is -2.45. The number of benzene rings is 3. The van der Waals surface area contributed by atoms with Gasteiger partial charge in [0.15, 0.2) is 0 Å². The van der Waals surface area contributed by atoms with Gasteiger partial charge in [0.1, 0.15) is 30.8 Å². The summed E-state index contributed by atoms with van der Waals surface area (Å²) in [6, 6.07) is 21.2. The maximum atomic E-state index is 14.7. The highest BCUT2D eigenvalue weighted by molar-refractivity contribution is 6.32. The number of rotatable bonds is 17. The zero-order chi connectivity index (χ0) is 37.5. The van der Waals surface area contributed by atoms with Gasteiger partial charge in [0.25, 0.3) is 12.4 Å². The van der Waals surface area contributed by atoms with Crippen LogP contribution < -0.4 is 14.8 Å². The first-order valence-corrected chi connectivity index (χ1v) is 18.5. The van der Waals surface area contributed by atoms with Crippen molar-refractivity contribution in [2.45, 2.75) is 76.6 Å². The molecule has 280 valence electrons. The minimum atomic E-state index is -1.16. The first kappa shape index (κ1) is 37.9. The number of hydrogen-bond acceptors (Lipinski definition) is 8. The largest absolute Gasteiger partial charge is 0.490 e. The molecule has 1 saturated carbocycles. The summed E-state index contributed by atoms with van der Waals surface area (Å²) in [5.41, 5.74) is 5.84. The minimum absolute atomic E-state index is 0.0424. The minimum Gasteiger partial charge on any atom is -0.490 e. The number of nitrogens with zero attached hydrogens (tertiary/aromatic N) is 2. The summed E-state index contributed by atoms with van der Waals surface area (Å²) in [6.07, 6.45) is 1.34. The summed E-state index contributed by atoms with van der Waals surface area (Å²) in [7, 11) is 0. The van der Waals surface area contributed by atoms with Gasteiger partial charge in [-0.05, 0) is 91.6 Å². The van der Waals surface area contributed by atoms with E-state index in [4.69, 9.17) is 25.8 Å². The van der Waals surface area contributed by atoms with Gasteiger partial charge in [0, 0.05) is 37.3 Å². The highest BCUT2D eigenvalue weighted by atomic mass is 35.5. The Balaban J connectivity index is 1.21. The Morgan fingerprint density at radius 2 is 1.70 bits per heavy atom. The molecule has 1 saturated heterocycles. The lowest BCUT2D eigenvalue weighted by Crippen LogP contribution is -2.62. The number of hydrogen-bond donors (Lipinski definition) is 2. The average molecular weight is 744 g/mol. The molecule has 2 N–H and O–H groups in total. The van der Waals surface area contributed by atoms with E-state index in [9.17, 15) is 24.3 Å². The normalized spacial score (nSPS) is 18.6. The second-order valence-electron chi connectivity index (χ2n) is 14.0. The Morgan fingerprint density at radius 1 is 0.981 bits per heavy atom. The summed E-state index contributed by atoms with van der Waals surface area (Å²) in [6.45, 7) is 5.99. The van der Waals surface area contributed by atoms with E-state index in [-0.39, 0.29) is 43.3 Å². The van der Waals surface area contributed by atoms with E-state index in [1.807, 2.05) is 73.3 Å². The fourth-order valence-electron chi connectivity index (χ4n) is 7.15. The fourth-order valence-corrected chi connectivity index (χ4v) is 7.42. The smallest absolute Gasteiger partial charge is 0.307 e. The van der Waals surface area contributed by atoms with E-state index >= 15 is 0 Å². The molecule has 2 fully saturated rings. The lowest BCUT2D eigenvalue weighted by molar-refractivity contribution is -0.147. The van der Waals surface area contributed by atoms with Gasteiger partial charge >= 0.3 is 5.97 Å². The third-order valence-corrected chi connectivity index (χ3v) is 10.4. The second kappa shape index (κ2) is 17.3. The second-order valence-corrected chi connectivity index (χ2v) is 14.4. The first-order chi connectivity index (χ1) is 25.6. The molecule has 0 spiro atoms. The molecule has 2 heterocycles. The third-order valence-electron chi connectivity index (χ3n) is 10.1. The van der Waals surface area contributed by atoms with Crippen LogP contribution in [-0.4, -0.2) is 96.2 Å². The summed E-state index contributed by atoms with van der Waals surface area (Å²) in [4.78, 5) is 54.2. The van der Waals surface area contributed by atoms with Crippen molar-refractivity contribution in [1.82, 2.24) is 15.1 Å². The number of nitrogens with one attached hydrogen (secondary N) is 1. The summed E-state index contributed by atoms with van der Waals surface area (Å²) in [5, 5.41) is 13.4. The molecule has 1 aliphatic carbocycles. The van der Waals surface area contributed by atoms with Gasteiger partial charge in [0.05, 0.1) is 23.9 Å². The predicted molar refractivity (Wildman–Crippen MR) is 200 cm³/mol. The lowest BCUT2D eigenvalue weighted by atomic mass is 9.82. The average Bonchev–Trinajstić information content (AvgIpc) is 3.98. The van der Waals surface area contributed by atoms with Crippen LogP contribution in [0.4, 0.5) is 0 Å². The van der Waals surface area contributed by atoms with Gasteiger partial charge in [-0.3, -0.25) is 19.2 Å². The number of amides is 2. The molecular weight excluding hydrogens is 698 g/mol. The van der Waals surface area contributed by atoms with E-state index in [1.165, 1.54) is 0 Å². The molecule has 3 atom stereocenters. The number of carboxylic acid groups (broad SMARTS) is 1. The van der Waals surface area contributed by atoms with Crippen LogP contribution in [0.5, 0.6) is 11.5 Å². The molecule has 12 heteroatoms. The van der Waals surface area contributed by atoms with Crippen LogP contribution in [0.3, 0.4) is 0 Å². The van der Waals surface area contributed by atoms with Crippen molar-refractivity contribution in [1.29, 1.82) is 0 Å². The maximum Gasteiger partial charge on any atom is 0.307 e. The Labute approximate surface area is 314 Å². The fraction of sp³-hybridized carbons (Fsp3) is 0.415. The van der Waals surface area contributed by atoms with Gasteiger partial charge in [-0.2, -0.15) is 0 Å². The van der Waals surface area contributed by atoms with Gasteiger partial charge in [0.2, 0.25) is 5.91 Å². The molecule has 11 nitrogen and oxygen atoms in total. The monoisotopic (exact) mass is 743 g/mol. The quantitative estimate of drug-likeness (QED) is 0.138. The maximum absolute atomic E-state index is 14.7. The van der Waals surface area contributed by atoms with Crippen LogP contribution in [0.1, 0.15) is 54.4 Å². The Morgan fingerprint density at radius 3 is 2.40 bits per heavy atom. The summed E-state index contributed by atoms with van der Waals surface area (Å²) < 4.78 is 16.8. The SMILES string of the molecule is Cc1cc(Cl)c(OCCOc2ccc(C3=C(C(=O)N(CCc4ccccc4)C4CC4)[C@H]4CN(C(=O)C[C@@H](CC(=O)O)OC=O)C[C@@H](C3)N4)cc2)cc1C. The van der Waals surface area contributed by atoms with Crippen molar-refractivity contribution < 1.29 is 38.5 Å². The van der Waals surface area contributed by atoms with Crippen LogP contribution in [0.15, 0.2) is 72.3 Å². The van der Waals surface area contributed by atoms with Crippen LogP contribution in [0.2, 0.25) is 5.02 Å². The van der Waals surface area contributed by atoms with Crippen LogP contribution in [0.25, 0.3) is 5.57 Å². The number of piperazine rings is 1. The number of aliphatic carboxylic acids is 1. The molecule has 6 rings (SSSR count). The molecule has 3 aromatic rings. The number of fused-ring (bicyclic) bond motifs is 2. The number of carbonyl (C=O) groups is 4. The Kier molecular flexibility index (Phi) is 12.4. The van der Waals surface area contributed by atoms with Crippen molar-refractivity contribution in [3.05, 3.63) is 99.6 Å². The van der Waals surface area contributed by atoms with Crippen molar-refractivity contribution in [2.75, 3.05) is 32.8 Å². The van der Waals surface area contributed by atoms with Crippen molar-refractivity contribution in [2.24, 2.45) is 0 Å². The number of ether oxygens (including phenoxy) is 3. The zero-order valence-electron chi connectivity index (χ0n) is 30.1. The molecule has 0 unspecified atom stereocenters. The van der Waals surface area contributed by atoms with Gasteiger partial charge in [-0.25, -0.2) is 0 Å². The standard InChI is InChI=1S/C41H46ClN3O8/c1-26-18-35(42)37(19-27(26)2)52-17-16-51-32-12-8-29(9-13-32)34-20-30-23-44(38(47)21-33(53-25-46)22-39(48)49)24-36(43-30)40(34)41(50)45(31-10-11-31)15-14-28-6-4-3-5-7-28/h3-9,12-13,18-19,25,30-31,33,36,43H,10-11,14-17,20-24H2,1-2H3,(H,48,49)/t30-,33+,36-/m1/s1. The van der Waals surface area contributed by atoms with Gasteiger partial charge in [-0.1, -0.05) is 54.1 Å². The molecule has 53 heavy (non-hydrogen) atoms. The highest BCUT2D eigenvalue weighted by Crippen LogP contribution is 2.37. The first-order valence-electron chi connectivity index (χ1n) is 18.1. The summed E-state index contributed by atoms with van der Waals surface area (Å²) in [5.74, 6) is -0.242. The number of halogens is 1. The molecule has 0 aromatic heterocycles. The van der Waals surface area contributed by atoms with E-state index in [1.54, 1.807) is 4.90 Å². The van der Waals surface area contributed by atoms with Crippen molar-refractivity contribution in [3.8, 4) is 11.5 Å². The van der Waals surface area contributed by atoms with E-state index in [2.05, 4.69) is 17.4 Å². The molecule has 2 bridgehead atoms. The Bertz CT molecular complexity index is 1830. The summed E-state index contributed by atoms with van der Waals surface area (Å²) >= 11 is 6.36. The van der Waals surface area contributed by atoms with Crippen LogP contribution in [0, 0.1) is 13.8 Å². The molecule has 3 aliphatic rings.